The molecule has 1 aromatic heterocycles. The quantitative estimate of drug-likeness (QED) is 0.364. The summed E-state index contributed by atoms with van der Waals surface area (Å²) in [6.45, 7) is 8.21. The molecule has 1 N–H and O–H groups in total. The normalized spacial score (nSPS) is 15.2. The van der Waals surface area contributed by atoms with Gasteiger partial charge < -0.3 is 15.0 Å². The SMILES string of the molecule is CN=C(NCc1cccc(CN2CCOCC2)c1)N(C)Cc1csc(C)n1.I. The molecule has 2 heterocycles. The summed E-state index contributed by atoms with van der Waals surface area (Å²) in [7, 11) is 3.86. The van der Waals surface area contributed by atoms with E-state index in [1.54, 1.807) is 11.3 Å². The topological polar surface area (TPSA) is 53.0 Å². The zero-order valence-electron chi connectivity index (χ0n) is 16.9. The van der Waals surface area contributed by atoms with Crippen LogP contribution in [0.15, 0.2) is 34.6 Å². The van der Waals surface area contributed by atoms with E-state index in [1.165, 1.54) is 11.1 Å². The maximum Gasteiger partial charge on any atom is 0.194 e. The van der Waals surface area contributed by atoms with Crippen LogP contribution in [0.2, 0.25) is 0 Å². The van der Waals surface area contributed by atoms with Crippen molar-refractivity contribution < 1.29 is 4.74 Å². The molecule has 0 bridgehead atoms. The molecule has 8 heteroatoms. The predicted octanol–water partition coefficient (Wildman–Crippen LogP) is 3.11. The van der Waals surface area contributed by atoms with E-state index in [9.17, 15) is 0 Å². The Bertz CT molecular complexity index is 761. The monoisotopic (exact) mass is 515 g/mol. The van der Waals surface area contributed by atoms with Crippen LogP contribution in [-0.2, 0) is 24.4 Å². The summed E-state index contributed by atoms with van der Waals surface area (Å²) in [4.78, 5) is 13.5. The molecule has 0 radical (unpaired) electrons. The fourth-order valence-corrected chi connectivity index (χ4v) is 3.82. The molecule has 1 saturated heterocycles. The number of nitrogens with one attached hydrogen (secondary N) is 1. The van der Waals surface area contributed by atoms with Gasteiger partial charge >= 0.3 is 0 Å². The number of morpholine rings is 1. The second-order valence-electron chi connectivity index (χ2n) is 6.82. The standard InChI is InChI=1S/C20H29N5OS.HI/c1-16-23-19(15-27-16)14-24(3)20(21-2)22-12-17-5-4-6-18(11-17)13-25-7-9-26-10-8-25;/h4-6,11,15H,7-10,12-14H2,1-3H3,(H,21,22);1H. The maximum absolute atomic E-state index is 5.43. The van der Waals surface area contributed by atoms with E-state index < -0.39 is 0 Å². The highest BCUT2D eigenvalue weighted by Gasteiger charge is 2.11. The Morgan fingerprint density at radius 1 is 1.32 bits per heavy atom. The number of hydrogen-bond donors (Lipinski definition) is 1. The first-order chi connectivity index (χ1) is 13.1. The summed E-state index contributed by atoms with van der Waals surface area (Å²) < 4.78 is 5.43. The molecule has 0 saturated carbocycles. The van der Waals surface area contributed by atoms with Gasteiger partial charge in [0.1, 0.15) is 0 Å². The lowest BCUT2D eigenvalue weighted by molar-refractivity contribution is 0.0342. The number of thiazole rings is 1. The second kappa shape index (κ2) is 11.7. The van der Waals surface area contributed by atoms with Crippen LogP contribution in [0.4, 0.5) is 0 Å². The molecule has 0 amide bonds. The molecule has 3 rings (SSSR count). The molecule has 1 aliphatic rings. The van der Waals surface area contributed by atoms with Crippen molar-refractivity contribution in [3.8, 4) is 0 Å². The molecule has 0 spiro atoms. The first-order valence-corrected chi connectivity index (χ1v) is 10.2. The van der Waals surface area contributed by atoms with Crippen molar-refractivity contribution in [2.75, 3.05) is 40.4 Å². The molecule has 0 aliphatic carbocycles. The van der Waals surface area contributed by atoms with Gasteiger partial charge in [0, 0.05) is 45.7 Å². The fraction of sp³-hybridized carbons (Fsp3) is 0.500. The van der Waals surface area contributed by atoms with E-state index in [0.717, 1.165) is 62.6 Å². The zero-order chi connectivity index (χ0) is 19.1. The third-order valence-corrected chi connectivity index (χ3v) is 5.41. The summed E-state index contributed by atoms with van der Waals surface area (Å²) in [6.07, 6.45) is 0. The van der Waals surface area contributed by atoms with E-state index in [0.29, 0.717) is 0 Å². The van der Waals surface area contributed by atoms with E-state index in [1.807, 2.05) is 21.0 Å². The molecule has 2 aromatic rings. The molecule has 1 aliphatic heterocycles. The van der Waals surface area contributed by atoms with E-state index >= 15 is 0 Å². The molecule has 0 unspecified atom stereocenters. The summed E-state index contributed by atoms with van der Waals surface area (Å²) in [5.41, 5.74) is 3.69. The highest BCUT2D eigenvalue weighted by atomic mass is 127. The van der Waals surface area contributed by atoms with Crippen LogP contribution >= 0.6 is 35.3 Å². The fourth-order valence-electron chi connectivity index (χ4n) is 3.22. The Morgan fingerprint density at radius 2 is 2.07 bits per heavy atom. The number of ether oxygens (including phenoxy) is 1. The van der Waals surface area contributed by atoms with Crippen LogP contribution in [0, 0.1) is 6.92 Å². The van der Waals surface area contributed by atoms with Crippen molar-refractivity contribution in [3.63, 3.8) is 0 Å². The van der Waals surface area contributed by atoms with Crippen molar-refractivity contribution in [1.82, 2.24) is 20.1 Å². The molecule has 0 atom stereocenters. The van der Waals surface area contributed by atoms with Gasteiger partial charge in [-0.2, -0.15) is 0 Å². The minimum Gasteiger partial charge on any atom is -0.379 e. The zero-order valence-corrected chi connectivity index (χ0v) is 20.0. The number of aliphatic imine (C=N–C) groups is 1. The highest BCUT2D eigenvalue weighted by molar-refractivity contribution is 14.0. The van der Waals surface area contributed by atoms with Crippen LogP contribution in [0.5, 0.6) is 0 Å². The Balaban J connectivity index is 0.00000280. The van der Waals surface area contributed by atoms with E-state index in [-0.39, 0.29) is 24.0 Å². The third-order valence-electron chi connectivity index (χ3n) is 4.59. The molecular weight excluding hydrogens is 485 g/mol. The number of nitrogens with zero attached hydrogens (tertiary/aromatic N) is 4. The summed E-state index contributed by atoms with van der Waals surface area (Å²) in [6, 6.07) is 8.77. The smallest absolute Gasteiger partial charge is 0.194 e. The summed E-state index contributed by atoms with van der Waals surface area (Å²) >= 11 is 1.68. The van der Waals surface area contributed by atoms with Crippen molar-refractivity contribution in [1.29, 1.82) is 0 Å². The molecule has 28 heavy (non-hydrogen) atoms. The van der Waals surface area contributed by atoms with Crippen molar-refractivity contribution in [3.05, 3.63) is 51.5 Å². The van der Waals surface area contributed by atoms with Gasteiger partial charge in [0.25, 0.3) is 0 Å². The van der Waals surface area contributed by atoms with Gasteiger partial charge in [-0.15, -0.1) is 35.3 Å². The number of halogens is 1. The first-order valence-electron chi connectivity index (χ1n) is 9.35. The second-order valence-corrected chi connectivity index (χ2v) is 7.89. The Kier molecular flexibility index (Phi) is 9.63. The van der Waals surface area contributed by atoms with Gasteiger partial charge in [-0.25, -0.2) is 4.98 Å². The number of aryl methyl sites for hydroxylation is 1. The molecule has 154 valence electrons. The molecule has 1 aromatic carbocycles. The number of benzene rings is 1. The summed E-state index contributed by atoms with van der Waals surface area (Å²) in [5.74, 6) is 0.874. The lowest BCUT2D eigenvalue weighted by Gasteiger charge is -2.26. The van der Waals surface area contributed by atoms with Gasteiger partial charge in [0.15, 0.2) is 5.96 Å². The lowest BCUT2D eigenvalue weighted by Crippen LogP contribution is -2.38. The molecule has 1 fully saturated rings. The van der Waals surface area contributed by atoms with Crippen LogP contribution in [0.3, 0.4) is 0 Å². The van der Waals surface area contributed by atoms with Gasteiger partial charge in [0.2, 0.25) is 0 Å². The largest absolute Gasteiger partial charge is 0.379 e. The van der Waals surface area contributed by atoms with Gasteiger partial charge in [-0.1, -0.05) is 24.3 Å². The van der Waals surface area contributed by atoms with Gasteiger partial charge in [0.05, 0.1) is 30.5 Å². The lowest BCUT2D eigenvalue weighted by atomic mass is 10.1. The predicted molar refractivity (Wildman–Crippen MR) is 126 cm³/mol. The average Bonchev–Trinajstić information content (AvgIpc) is 3.08. The van der Waals surface area contributed by atoms with Crippen molar-refractivity contribution in [2.45, 2.75) is 26.6 Å². The number of aromatic nitrogens is 1. The number of hydrogen-bond acceptors (Lipinski definition) is 5. The van der Waals surface area contributed by atoms with Crippen LogP contribution < -0.4 is 5.32 Å². The van der Waals surface area contributed by atoms with E-state index in [4.69, 9.17) is 4.74 Å². The third kappa shape index (κ3) is 6.98. The first kappa shape index (κ1) is 23.1. The highest BCUT2D eigenvalue weighted by Crippen LogP contribution is 2.11. The number of rotatable bonds is 6. The van der Waals surface area contributed by atoms with E-state index in [2.05, 4.69) is 54.7 Å². The average molecular weight is 515 g/mol. The number of guanidine groups is 1. The minimum atomic E-state index is 0. The summed E-state index contributed by atoms with van der Waals surface area (Å²) in [5, 5.41) is 6.66. The van der Waals surface area contributed by atoms with Crippen LogP contribution in [0.25, 0.3) is 0 Å². The van der Waals surface area contributed by atoms with Gasteiger partial charge in [-0.05, 0) is 18.1 Å². The van der Waals surface area contributed by atoms with Crippen molar-refractivity contribution >= 4 is 41.3 Å². The molecule has 6 nitrogen and oxygen atoms in total. The van der Waals surface area contributed by atoms with Crippen molar-refractivity contribution in [2.24, 2.45) is 4.99 Å². The van der Waals surface area contributed by atoms with Crippen LogP contribution in [0.1, 0.15) is 21.8 Å². The maximum atomic E-state index is 5.43. The Hall–Kier alpha value is -1.23. The van der Waals surface area contributed by atoms with Crippen LogP contribution in [-0.4, -0.2) is 61.1 Å². The molecular formula is C20H30IN5OS. The van der Waals surface area contributed by atoms with Gasteiger partial charge in [-0.3, -0.25) is 9.89 Å². The Morgan fingerprint density at radius 3 is 2.75 bits per heavy atom. The minimum absolute atomic E-state index is 0. The Labute approximate surface area is 189 Å².